The highest BCUT2D eigenvalue weighted by Gasteiger charge is 2.40. The number of aromatic nitrogens is 2. The van der Waals surface area contributed by atoms with Crippen LogP contribution in [0.25, 0.3) is 0 Å². The first-order valence-electron chi connectivity index (χ1n) is 9.51. The van der Waals surface area contributed by atoms with Gasteiger partial charge in [0.1, 0.15) is 11.5 Å². The molecule has 0 unspecified atom stereocenters. The van der Waals surface area contributed by atoms with Crippen LogP contribution in [0.5, 0.6) is 0 Å². The highest BCUT2D eigenvalue weighted by atomic mass is 16.7. The Morgan fingerprint density at radius 3 is 2.57 bits per heavy atom. The van der Waals surface area contributed by atoms with E-state index in [9.17, 15) is 10.1 Å². The minimum absolute atomic E-state index is 0.0111. The second-order valence-corrected chi connectivity index (χ2v) is 6.94. The smallest absolute Gasteiger partial charge is 0.269 e. The minimum Gasteiger partial charge on any atom is -0.380 e. The summed E-state index contributed by atoms with van der Waals surface area (Å²) >= 11 is 0. The molecule has 0 aliphatic carbocycles. The van der Waals surface area contributed by atoms with Crippen LogP contribution >= 0.6 is 0 Å². The van der Waals surface area contributed by atoms with Crippen LogP contribution in [0.3, 0.4) is 0 Å². The average molecular weight is 411 g/mol. The first-order chi connectivity index (χ1) is 14.5. The van der Waals surface area contributed by atoms with Gasteiger partial charge < -0.3 is 20.1 Å². The maximum atomic E-state index is 10.7. The number of piperidine rings is 1. The second kappa shape index (κ2) is 8.51. The van der Waals surface area contributed by atoms with E-state index < -0.39 is 10.7 Å². The van der Waals surface area contributed by atoms with Crippen molar-refractivity contribution in [3.05, 3.63) is 58.0 Å². The monoisotopic (exact) mass is 411 g/mol. The number of rotatable bonds is 5. The molecule has 0 radical (unpaired) electrons. The number of nitrogens with two attached hydrogens (primary N) is 1. The largest absolute Gasteiger partial charge is 0.380 e. The van der Waals surface area contributed by atoms with Gasteiger partial charge in [0.05, 0.1) is 36.7 Å². The average Bonchev–Trinajstić information content (AvgIpc) is 3.22. The van der Waals surface area contributed by atoms with Crippen molar-refractivity contribution in [1.29, 1.82) is 0 Å². The lowest BCUT2D eigenvalue weighted by molar-refractivity contribution is -0.384. The van der Waals surface area contributed by atoms with Gasteiger partial charge in [-0.05, 0) is 17.7 Å². The normalized spacial score (nSPS) is 18.9. The molecule has 2 aromatic rings. The molecule has 2 fully saturated rings. The molecular weight excluding hydrogens is 390 g/mol. The van der Waals surface area contributed by atoms with Crippen LogP contribution in [-0.2, 0) is 9.47 Å². The number of non-ortho nitro benzene ring substituents is 1. The summed E-state index contributed by atoms with van der Waals surface area (Å²) in [5, 5.41) is 18.6. The van der Waals surface area contributed by atoms with Gasteiger partial charge in [-0.15, -0.1) is 5.10 Å². The topological polar surface area (TPSA) is 141 Å². The van der Waals surface area contributed by atoms with Gasteiger partial charge in [0.25, 0.3) is 5.69 Å². The number of nitrogens with zero attached hydrogens (tertiary/aromatic N) is 6. The third kappa shape index (κ3) is 4.42. The molecular formula is C19H21N7O4. The molecule has 0 amide bonds. The Morgan fingerprint density at radius 2 is 1.90 bits per heavy atom. The van der Waals surface area contributed by atoms with Gasteiger partial charge in [-0.2, -0.15) is 5.10 Å². The molecule has 0 saturated carbocycles. The zero-order chi connectivity index (χ0) is 21.0. The Balaban J connectivity index is 1.40. The quantitative estimate of drug-likeness (QED) is 0.337. The van der Waals surface area contributed by atoms with Crippen molar-refractivity contribution in [1.82, 2.24) is 9.97 Å². The number of hydrogen-bond acceptors (Lipinski definition) is 9. The molecule has 0 bridgehead atoms. The standard InChI is InChI=1S/C19H21N7O4/c20-18(24-22-11-14-1-3-15(4-2-14)26(27)28)16-12-21-13-17(23-16)25-7-5-19(6-8-25)29-9-10-30-19/h1-4,11-13H,5-10H2,(H2,20,24)/b22-11-. The predicted molar refractivity (Wildman–Crippen MR) is 110 cm³/mol. The van der Waals surface area contributed by atoms with E-state index >= 15 is 0 Å². The number of hydrogen-bond donors (Lipinski definition) is 1. The molecule has 11 heteroatoms. The van der Waals surface area contributed by atoms with Crippen LogP contribution < -0.4 is 10.6 Å². The maximum Gasteiger partial charge on any atom is 0.269 e. The lowest BCUT2D eigenvalue weighted by atomic mass is 10.0. The molecule has 30 heavy (non-hydrogen) atoms. The predicted octanol–water partition coefficient (Wildman–Crippen LogP) is 1.47. The third-order valence-corrected chi connectivity index (χ3v) is 5.02. The summed E-state index contributed by atoms with van der Waals surface area (Å²) in [6.45, 7) is 2.77. The van der Waals surface area contributed by atoms with E-state index in [0.717, 1.165) is 25.9 Å². The van der Waals surface area contributed by atoms with Crippen molar-refractivity contribution in [2.45, 2.75) is 18.6 Å². The van der Waals surface area contributed by atoms with E-state index in [1.165, 1.54) is 24.5 Å². The molecule has 2 aliphatic rings. The molecule has 4 rings (SSSR count). The summed E-state index contributed by atoms with van der Waals surface area (Å²) in [7, 11) is 0. The maximum absolute atomic E-state index is 10.7. The van der Waals surface area contributed by atoms with Crippen molar-refractivity contribution >= 4 is 23.6 Å². The highest BCUT2D eigenvalue weighted by molar-refractivity contribution is 5.96. The number of nitro benzene ring substituents is 1. The second-order valence-electron chi connectivity index (χ2n) is 6.94. The van der Waals surface area contributed by atoms with Crippen LogP contribution in [0.4, 0.5) is 11.5 Å². The summed E-state index contributed by atoms with van der Waals surface area (Å²) in [4.78, 5) is 21.1. The van der Waals surface area contributed by atoms with E-state index in [2.05, 4.69) is 25.1 Å². The third-order valence-electron chi connectivity index (χ3n) is 5.02. The van der Waals surface area contributed by atoms with Crippen molar-refractivity contribution < 1.29 is 14.4 Å². The lowest BCUT2D eigenvalue weighted by Gasteiger charge is -2.38. The van der Waals surface area contributed by atoms with E-state index in [4.69, 9.17) is 15.2 Å². The molecule has 1 aromatic carbocycles. The van der Waals surface area contributed by atoms with Gasteiger partial charge in [0, 0.05) is 38.1 Å². The van der Waals surface area contributed by atoms with Crippen molar-refractivity contribution in [2.75, 3.05) is 31.2 Å². The molecule has 2 N–H and O–H groups in total. The van der Waals surface area contributed by atoms with Crippen LogP contribution in [0.2, 0.25) is 0 Å². The Kier molecular flexibility index (Phi) is 5.63. The van der Waals surface area contributed by atoms with Gasteiger partial charge in [-0.1, -0.05) is 0 Å². The highest BCUT2D eigenvalue weighted by Crippen LogP contribution is 2.32. The lowest BCUT2D eigenvalue weighted by Crippen LogP contribution is -2.45. The van der Waals surface area contributed by atoms with Crippen LogP contribution in [0, 0.1) is 10.1 Å². The minimum atomic E-state index is -0.460. The van der Waals surface area contributed by atoms with Crippen LogP contribution in [0.15, 0.2) is 46.9 Å². The zero-order valence-electron chi connectivity index (χ0n) is 16.2. The number of ether oxygens (including phenoxy) is 2. The summed E-state index contributed by atoms with van der Waals surface area (Å²) in [6.07, 6.45) is 6.20. The fraction of sp³-hybridized carbons (Fsp3) is 0.368. The molecule has 11 nitrogen and oxygen atoms in total. The first-order valence-corrected chi connectivity index (χ1v) is 9.51. The van der Waals surface area contributed by atoms with Crippen LogP contribution in [-0.4, -0.2) is 59.0 Å². The molecule has 156 valence electrons. The Hall–Kier alpha value is -3.44. The number of benzene rings is 1. The fourth-order valence-electron chi connectivity index (χ4n) is 3.38. The summed E-state index contributed by atoms with van der Waals surface area (Å²) in [5.74, 6) is 0.380. The molecule has 1 aromatic heterocycles. The van der Waals surface area contributed by atoms with E-state index in [0.29, 0.717) is 30.3 Å². The Bertz CT molecular complexity index is 961. The summed E-state index contributed by atoms with van der Waals surface area (Å²) in [6, 6.07) is 5.95. The fourth-order valence-corrected chi connectivity index (χ4v) is 3.38. The zero-order valence-corrected chi connectivity index (χ0v) is 16.2. The molecule has 2 saturated heterocycles. The summed E-state index contributed by atoms with van der Waals surface area (Å²) in [5.41, 5.74) is 7.09. The molecule has 2 aliphatic heterocycles. The van der Waals surface area contributed by atoms with Crippen LogP contribution in [0.1, 0.15) is 24.1 Å². The van der Waals surface area contributed by atoms with Gasteiger partial charge in [0.2, 0.25) is 0 Å². The Morgan fingerprint density at radius 1 is 1.20 bits per heavy atom. The first kappa shape index (κ1) is 19.9. The van der Waals surface area contributed by atoms with E-state index in [1.54, 1.807) is 18.3 Å². The van der Waals surface area contributed by atoms with E-state index in [1.807, 2.05) is 0 Å². The number of anilines is 1. The van der Waals surface area contributed by atoms with Gasteiger partial charge >= 0.3 is 0 Å². The van der Waals surface area contributed by atoms with Crippen molar-refractivity contribution in [2.24, 2.45) is 15.9 Å². The van der Waals surface area contributed by atoms with Crippen molar-refractivity contribution in [3.8, 4) is 0 Å². The number of amidine groups is 1. The Labute approximate surface area is 172 Å². The number of nitro groups is 1. The SMILES string of the molecule is N/C(=N/N=C\c1ccc([N+](=O)[O-])cc1)c1cncc(N2CCC3(CC2)OCCO3)n1. The van der Waals surface area contributed by atoms with Gasteiger partial charge in [0.15, 0.2) is 11.6 Å². The van der Waals surface area contributed by atoms with Gasteiger partial charge in [-0.3, -0.25) is 15.1 Å². The van der Waals surface area contributed by atoms with E-state index in [-0.39, 0.29) is 11.5 Å². The molecule has 0 atom stereocenters. The molecule has 3 heterocycles. The molecule has 1 spiro atoms. The van der Waals surface area contributed by atoms with Crippen molar-refractivity contribution in [3.63, 3.8) is 0 Å². The van der Waals surface area contributed by atoms with Gasteiger partial charge in [-0.25, -0.2) is 4.98 Å². The summed E-state index contributed by atoms with van der Waals surface area (Å²) < 4.78 is 11.5.